The van der Waals surface area contributed by atoms with Crippen LogP contribution in [-0.2, 0) is 10.2 Å². The van der Waals surface area contributed by atoms with Crippen LogP contribution in [0.5, 0.6) is 0 Å². The van der Waals surface area contributed by atoms with Gasteiger partial charge in [0.25, 0.3) is 0 Å². The Morgan fingerprint density at radius 2 is 1.66 bits per heavy atom. The number of amides is 1. The number of hydrogen-bond donors (Lipinski definition) is 2. The van der Waals surface area contributed by atoms with Crippen LogP contribution in [0.2, 0.25) is 5.02 Å². The number of carbonyl (C=O) groups excluding carboxylic acids is 1. The van der Waals surface area contributed by atoms with Gasteiger partial charge in [-0.15, -0.1) is 0 Å². The maximum absolute atomic E-state index is 13.5. The van der Waals surface area contributed by atoms with Gasteiger partial charge < -0.3 is 15.5 Å². The number of carbonyl (C=O) groups is 1. The Balaban J connectivity index is 1.35. The molecule has 0 radical (unpaired) electrons. The second-order valence-corrected chi connectivity index (χ2v) is 10.1. The average molecular weight is 455 g/mol. The molecule has 1 aromatic carbocycles. The highest BCUT2D eigenvalue weighted by Crippen LogP contribution is 2.42. The minimum atomic E-state index is -0.395. The lowest BCUT2D eigenvalue weighted by atomic mass is 9.77. The fourth-order valence-electron chi connectivity index (χ4n) is 5.29. The summed E-state index contributed by atoms with van der Waals surface area (Å²) in [5, 5.41) is 7.75. The predicted octanol–water partition coefficient (Wildman–Crippen LogP) is 5.46. The van der Waals surface area contributed by atoms with Crippen LogP contribution in [0.3, 0.4) is 0 Å². The molecule has 0 spiro atoms. The van der Waals surface area contributed by atoms with Crippen LogP contribution in [0.1, 0.15) is 62.6 Å². The Morgan fingerprint density at radius 3 is 2.28 bits per heavy atom. The average Bonchev–Trinajstić information content (AvgIpc) is 3.26. The quantitative estimate of drug-likeness (QED) is 0.608. The molecule has 2 fully saturated rings. The van der Waals surface area contributed by atoms with Crippen LogP contribution >= 0.6 is 11.6 Å². The van der Waals surface area contributed by atoms with Gasteiger partial charge in [0, 0.05) is 48.6 Å². The first kappa shape index (κ1) is 22.9. The van der Waals surface area contributed by atoms with Crippen LogP contribution in [0.4, 0.5) is 11.5 Å². The number of hydrogen-bond acceptors (Lipinski definition) is 4. The third-order valence-electron chi connectivity index (χ3n) is 7.16. The number of aromatic nitrogens is 1. The highest BCUT2D eigenvalue weighted by molar-refractivity contribution is 6.30. The first-order chi connectivity index (χ1) is 15.4. The van der Waals surface area contributed by atoms with E-state index >= 15 is 0 Å². The summed E-state index contributed by atoms with van der Waals surface area (Å²) in [7, 11) is 4.10. The Kier molecular flexibility index (Phi) is 6.94. The lowest BCUT2D eigenvalue weighted by Gasteiger charge is -2.34. The van der Waals surface area contributed by atoms with Gasteiger partial charge in [-0.25, -0.2) is 4.98 Å². The van der Waals surface area contributed by atoms with Gasteiger partial charge in [-0.05, 0) is 69.2 Å². The van der Waals surface area contributed by atoms with Crippen molar-refractivity contribution in [1.82, 2.24) is 10.3 Å². The molecule has 32 heavy (non-hydrogen) atoms. The molecule has 0 bridgehead atoms. The van der Waals surface area contributed by atoms with Crippen LogP contribution in [0, 0.1) is 6.92 Å². The minimum Gasteiger partial charge on any atom is -0.377 e. The zero-order valence-corrected chi connectivity index (χ0v) is 20.2. The lowest BCUT2D eigenvalue weighted by Crippen LogP contribution is -2.48. The van der Waals surface area contributed by atoms with E-state index in [1.165, 1.54) is 0 Å². The van der Waals surface area contributed by atoms with Crippen LogP contribution in [0.25, 0.3) is 0 Å². The molecule has 1 aromatic heterocycles. The molecule has 2 aromatic rings. The zero-order chi connectivity index (χ0) is 22.7. The van der Waals surface area contributed by atoms with E-state index in [2.05, 4.69) is 32.7 Å². The molecule has 5 nitrogen and oxygen atoms in total. The molecule has 0 saturated heterocycles. The molecule has 2 aliphatic carbocycles. The van der Waals surface area contributed by atoms with Gasteiger partial charge in [-0.1, -0.05) is 36.6 Å². The van der Waals surface area contributed by atoms with Gasteiger partial charge in [-0.3, -0.25) is 4.79 Å². The topological polar surface area (TPSA) is 57.3 Å². The van der Waals surface area contributed by atoms with E-state index in [-0.39, 0.29) is 11.9 Å². The largest absolute Gasteiger partial charge is 0.377 e. The van der Waals surface area contributed by atoms with Crippen LogP contribution in [-0.4, -0.2) is 37.1 Å². The standard InChI is InChI=1S/C26H35ClN4O/c1-18-16-23(31(2)3)17-24(28-18)29-21-10-12-22(13-11-21)30-25(32)26(14-4-5-15-26)19-6-8-20(27)9-7-19/h6-9,16-17,21-22H,4-5,10-15H2,1-3H3,(H,28,29)(H,30,32). The van der Waals surface area contributed by atoms with Crippen molar-refractivity contribution in [1.29, 1.82) is 0 Å². The molecule has 4 rings (SSSR count). The maximum Gasteiger partial charge on any atom is 0.230 e. The van der Waals surface area contributed by atoms with E-state index in [0.717, 1.165) is 74.1 Å². The van der Waals surface area contributed by atoms with Gasteiger partial charge in [0.15, 0.2) is 0 Å². The normalized spacial score (nSPS) is 22.4. The number of aryl methyl sites for hydroxylation is 1. The summed E-state index contributed by atoms with van der Waals surface area (Å²) in [6.45, 7) is 2.03. The van der Waals surface area contributed by atoms with Crippen molar-refractivity contribution >= 4 is 29.0 Å². The molecule has 6 heteroatoms. The van der Waals surface area contributed by atoms with Gasteiger partial charge in [0.2, 0.25) is 5.91 Å². The number of nitrogens with one attached hydrogen (secondary N) is 2. The number of halogens is 1. The van der Waals surface area contributed by atoms with Crippen molar-refractivity contribution in [2.75, 3.05) is 24.3 Å². The van der Waals surface area contributed by atoms with E-state index in [9.17, 15) is 4.79 Å². The number of benzene rings is 1. The van der Waals surface area contributed by atoms with Crippen molar-refractivity contribution in [3.8, 4) is 0 Å². The molecular weight excluding hydrogens is 420 g/mol. The number of anilines is 2. The Hall–Kier alpha value is -2.27. The van der Waals surface area contributed by atoms with Crippen LogP contribution < -0.4 is 15.5 Å². The molecule has 2 N–H and O–H groups in total. The Morgan fingerprint density at radius 1 is 1.03 bits per heavy atom. The number of rotatable bonds is 6. The van der Waals surface area contributed by atoms with E-state index in [4.69, 9.17) is 11.6 Å². The summed E-state index contributed by atoms with van der Waals surface area (Å²) in [5.74, 6) is 1.14. The summed E-state index contributed by atoms with van der Waals surface area (Å²) in [4.78, 5) is 20.2. The minimum absolute atomic E-state index is 0.199. The van der Waals surface area contributed by atoms with Crippen molar-refractivity contribution < 1.29 is 4.79 Å². The maximum atomic E-state index is 13.5. The molecule has 1 heterocycles. The molecular formula is C26H35ClN4O. The summed E-state index contributed by atoms with van der Waals surface area (Å²) >= 11 is 6.09. The molecule has 0 unspecified atom stereocenters. The van der Waals surface area contributed by atoms with E-state index in [1.807, 2.05) is 45.3 Å². The number of pyridine rings is 1. The molecule has 2 saturated carbocycles. The molecule has 1 amide bonds. The SMILES string of the molecule is Cc1cc(N(C)C)cc(NC2CCC(NC(=O)C3(c4ccc(Cl)cc4)CCCC3)CC2)n1. The summed E-state index contributed by atoms with van der Waals surface area (Å²) < 4.78 is 0. The first-order valence-corrected chi connectivity index (χ1v) is 12.2. The van der Waals surface area contributed by atoms with Gasteiger partial charge >= 0.3 is 0 Å². The second-order valence-electron chi connectivity index (χ2n) is 9.71. The van der Waals surface area contributed by atoms with E-state index < -0.39 is 5.41 Å². The van der Waals surface area contributed by atoms with Gasteiger partial charge in [0.1, 0.15) is 5.82 Å². The zero-order valence-electron chi connectivity index (χ0n) is 19.5. The van der Waals surface area contributed by atoms with Gasteiger partial charge in [-0.2, -0.15) is 0 Å². The summed E-state index contributed by atoms with van der Waals surface area (Å²) in [6, 6.07) is 12.7. The summed E-state index contributed by atoms with van der Waals surface area (Å²) in [5.41, 5.74) is 2.89. The third-order valence-corrected chi connectivity index (χ3v) is 7.41. The fraction of sp³-hybridized carbons (Fsp3) is 0.538. The van der Waals surface area contributed by atoms with Gasteiger partial charge in [0.05, 0.1) is 5.41 Å². The fourth-order valence-corrected chi connectivity index (χ4v) is 5.42. The third kappa shape index (κ3) is 5.03. The van der Waals surface area contributed by atoms with E-state index in [1.54, 1.807) is 0 Å². The van der Waals surface area contributed by atoms with Crippen molar-refractivity contribution in [3.05, 3.63) is 52.7 Å². The Labute approximate surface area is 196 Å². The van der Waals surface area contributed by atoms with E-state index in [0.29, 0.717) is 11.1 Å². The second kappa shape index (κ2) is 9.70. The lowest BCUT2D eigenvalue weighted by molar-refractivity contribution is -0.127. The molecule has 172 valence electrons. The first-order valence-electron chi connectivity index (χ1n) is 11.9. The number of nitrogens with zero attached hydrogens (tertiary/aromatic N) is 2. The molecule has 0 aliphatic heterocycles. The highest BCUT2D eigenvalue weighted by Gasteiger charge is 2.43. The highest BCUT2D eigenvalue weighted by atomic mass is 35.5. The monoisotopic (exact) mass is 454 g/mol. The predicted molar refractivity (Wildman–Crippen MR) is 133 cm³/mol. The molecule has 0 atom stereocenters. The van der Waals surface area contributed by atoms with Crippen molar-refractivity contribution in [2.45, 2.75) is 75.8 Å². The Bertz CT molecular complexity index is 929. The smallest absolute Gasteiger partial charge is 0.230 e. The van der Waals surface area contributed by atoms with Crippen molar-refractivity contribution in [2.24, 2.45) is 0 Å². The van der Waals surface area contributed by atoms with Crippen LogP contribution in [0.15, 0.2) is 36.4 Å². The summed E-state index contributed by atoms with van der Waals surface area (Å²) in [6.07, 6.45) is 8.10. The molecule has 2 aliphatic rings. The van der Waals surface area contributed by atoms with Crippen molar-refractivity contribution in [3.63, 3.8) is 0 Å².